The second-order valence-corrected chi connectivity index (χ2v) is 3.50. The third-order valence-electron chi connectivity index (χ3n) is 2.59. The van der Waals surface area contributed by atoms with E-state index in [0.29, 0.717) is 5.56 Å². The standard InChI is InChI=1S/C9H9BF2O2/c11-9(12)7(8(9)10(13)14)6-4-2-1-3-5-6/h1-5,7-8,13-14H/t7-,8-/m1/s1. The second-order valence-electron chi connectivity index (χ2n) is 3.50. The van der Waals surface area contributed by atoms with Crippen LogP contribution in [0.5, 0.6) is 0 Å². The smallest absolute Gasteiger partial charge is 0.427 e. The maximum absolute atomic E-state index is 13.1. The Morgan fingerprint density at radius 1 is 1.14 bits per heavy atom. The predicted molar refractivity (Wildman–Crippen MR) is 48.1 cm³/mol. The fourth-order valence-electron chi connectivity index (χ4n) is 1.81. The summed E-state index contributed by atoms with van der Waals surface area (Å²) in [5, 5.41) is 17.5. The lowest BCUT2D eigenvalue weighted by atomic mass is 9.81. The van der Waals surface area contributed by atoms with E-state index in [9.17, 15) is 8.78 Å². The van der Waals surface area contributed by atoms with Crippen LogP contribution in [0, 0.1) is 0 Å². The van der Waals surface area contributed by atoms with E-state index in [1.807, 2.05) is 0 Å². The third-order valence-corrected chi connectivity index (χ3v) is 2.59. The molecule has 14 heavy (non-hydrogen) atoms. The van der Waals surface area contributed by atoms with Crippen LogP contribution in [-0.2, 0) is 0 Å². The molecule has 0 heterocycles. The maximum atomic E-state index is 13.1. The topological polar surface area (TPSA) is 40.5 Å². The Morgan fingerprint density at radius 3 is 2.14 bits per heavy atom. The van der Waals surface area contributed by atoms with Gasteiger partial charge >= 0.3 is 7.12 Å². The quantitative estimate of drug-likeness (QED) is 0.702. The first-order valence-corrected chi connectivity index (χ1v) is 4.34. The van der Waals surface area contributed by atoms with Crippen molar-refractivity contribution >= 4 is 7.12 Å². The molecule has 0 amide bonds. The Balaban J connectivity index is 2.23. The van der Waals surface area contributed by atoms with Gasteiger partial charge < -0.3 is 10.0 Å². The molecule has 1 aromatic carbocycles. The van der Waals surface area contributed by atoms with E-state index in [4.69, 9.17) is 10.0 Å². The molecule has 0 radical (unpaired) electrons. The van der Waals surface area contributed by atoms with Crippen molar-refractivity contribution in [1.29, 1.82) is 0 Å². The Bertz CT molecular complexity index is 329. The number of halogens is 2. The lowest BCUT2D eigenvalue weighted by Gasteiger charge is -1.96. The Hall–Kier alpha value is -0.935. The molecule has 0 bridgehead atoms. The van der Waals surface area contributed by atoms with Crippen LogP contribution in [0.3, 0.4) is 0 Å². The Kier molecular flexibility index (Phi) is 2.08. The molecule has 0 saturated heterocycles. The van der Waals surface area contributed by atoms with E-state index in [0.717, 1.165) is 0 Å². The van der Waals surface area contributed by atoms with Crippen LogP contribution >= 0.6 is 0 Å². The highest BCUT2D eigenvalue weighted by molar-refractivity contribution is 6.45. The molecule has 1 saturated carbocycles. The molecule has 5 heteroatoms. The number of alkyl halides is 2. The van der Waals surface area contributed by atoms with Gasteiger partial charge in [0.05, 0.1) is 11.7 Å². The van der Waals surface area contributed by atoms with Crippen molar-refractivity contribution in [2.24, 2.45) is 0 Å². The van der Waals surface area contributed by atoms with Gasteiger partial charge in [-0.05, 0) is 5.56 Å². The molecular weight excluding hydrogens is 189 g/mol. The highest BCUT2D eigenvalue weighted by atomic mass is 19.3. The SMILES string of the molecule is OB(O)[C@@H]1[C@@H](c2ccccc2)C1(F)F. The molecule has 2 atom stereocenters. The van der Waals surface area contributed by atoms with Crippen LogP contribution < -0.4 is 0 Å². The van der Waals surface area contributed by atoms with E-state index < -0.39 is 24.8 Å². The van der Waals surface area contributed by atoms with Gasteiger partial charge in [-0.15, -0.1) is 0 Å². The molecular formula is C9H9BF2O2. The van der Waals surface area contributed by atoms with Crippen LogP contribution in [-0.4, -0.2) is 23.1 Å². The minimum Gasteiger partial charge on any atom is -0.427 e. The van der Waals surface area contributed by atoms with Gasteiger partial charge in [-0.2, -0.15) is 0 Å². The lowest BCUT2D eigenvalue weighted by Crippen LogP contribution is -2.14. The van der Waals surface area contributed by atoms with Gasteiger partial charge in [0.2, 0.25) is 0 Å². The van der Waals surface area contributed by atoms with Crippen LogP contribution in [0.25, 0.3) is 0 Å². The van der Waals surface area contributed by atoms with E-state index >= 15 is 0 Å². The van der Waals surface area contributed by atoms with Crippen LogP contribution in [0.2, 0.25) is 5.82 Å². The van der Waals surface area contributed by atoms with Crippen molar-refractivity contribution in [2.75, 3.05) is 0 Å². The number of hydrogen-bond acceptors (Lipinski definition) is 2. The number of rotatable bonds is 2. The zero-order valence-corrected chi connectivity index (χ0v) is 7.27. The maximum Gasteiger partial charge on any atom is 0.461 e. The van der Waals surface area contributed by atoms with E-state index in [-0.39, 0.29) is 0 Å². The van der Waals surface area contributed by atoms with Gasteiger partial charge in [-0.3, -0.25) is 0 Å². The van der Waals surface area contributed by atoms with E-state index in [2.05, 4.69) is 0 Å². The molecule has 0 unspecified atom stereocenters. The van der Waals surface area contributed by atoms with Gasteiger partial charge in [0.15, 0.2) is 0 Å². The second kappa shape index (κ2) is 3.03. The summed E-state index contributed by atoms with van der Waals surface area (Å²) >= 11 is 0. The molecule has 1 aromatic rings. The van der Waals surface area contributed by atoms with Crippen molar-refractivity contribution in [1.82, 2.24) is 0 Å². The summed E-state index contributed by atoms with van der Waals surface area (Å²) in [4.78, 5) is 0. The van der Waals surface area contributed by atoms with Gasteiger partial charge in [-0.1, -0.05) is 30.3 Å². The monoisotopic (exact) mass is 198 g/mol. The number of benzene rings is 1. The molecule has 0 spiro atoms. The summed E-state index contributed by atoms with van der Waals surface area (Å²) in [6.45, 7) is 0. The van der Waals surface area contributed by atoms with Crippen molar-refractivity contribution in [3.05, 3.63) is 35.9 Å². The normalized spacial score (nSPS) is 28.6. The van der Waals surface area contributed by atoms with Crippen LogP contribution in [0.15, 0.2) is 30.3 Å². The third kappa shape index (κ3) is 1.33. The molecule has 2 nitrogen and oxygen atoms in total. The minimum absolute atomic E-state index is 0.454. The van der Waals surface area contributed by atoms with Crippen molar-refractivity contribution < 1.29 is 18.8 Å². The van der Waals surface area contributed by atoms with Crippen LogP contribution in [0.1, 0.15) is 11.5 Å². The fourth-order valence-corrected chi connectivity index (χ4v) is 1.81. The molecule has 2 rings (SSSR count). The van der Waals surface area contributed by atoms with Crippen molar-refractivity contribution in [2.45, 2.75) is 17.7 Å². The zero-order chi connectivity index (χ0) is 10.3. The zero-order valence-electron chi connectivity index (χ0n) is 7.27. The summed E-state index contributed by atoms with van der Waals surface area (Å²) in [6.07, 6.45) is 0. The highest BCUT2D eigenvalue weighted by Gasteiger charge is 2.73. The van der Waals surface area contributed by atoms with Gasteiger partial charge in [-0.25, -0.2) is 8.78 Å². The highest BCUT2D eigenvalue weighted by Crippen LogP contribution is 2.66. The Morgan fingerprint density at radius 2 is 1.71 bits per heavy atom. The van der Waals surface area contributed by atoms with Crippen LogP contribution in [0.4, 0.5) is 8.78 Å². The summed E-state index contributed by atoms with van der Waals surface area (Å²) < 4.78 is 26.2. The largest absolute Gasteiger partial charge is 0.461 e. The summed E-state index contributed by atoms with van der Waals surface area (Å²) in [5.41, 5.74) is 0.454. The summed E-state index contributed by atoms with van der Waals surface area (Å²) in [6, 6.07) is 8.19. The molecule has 74 valence electrons. The number of hydrogen-bond donors (Lipinski definition) is 2. The first kappa shape index (κ1) is 9.61. The average molecular weight is 198 g/mol. The minimum atomic E-state index is -2.99. The molecule has 0 aromatic heterocycles. The summed E-state index contributed by atoms with van der Waals surface area (Å²) in [7, 11) is -1.95. The molecule has 1 aliphatic carbocycles. The fraction of sp³-hybridized carbons (Fsp3) is 0.333. The molecule has 1 aliphatic rings. The van der Waals surface area contributed by atoms with E-state index in [1.54, 1.807) is 30.3 Å². The Labute approximate surface area is 80.3 Å². The summed E-state index contributed by atoms with van der Waals surface area (Å²) in [5.74, 6) is -5.40. The van der Waals surface area contributed by atoms with Crippen molar-refractivity contribution in [3.8, 4) is 0 Å². The van der Waals surface area contributed by atoms with Gasteiger partial charge in [0.25, 0.3) is 5.92 Å². The van der Waals surface area contributed by atoms with E-state index in [1.165, 1.54) is 0 Å². The lowest BCUT2D eigenvalue weighted by molar-refractivity contribution is 0.108. The van der Waals surface area contributed by atoms with Gasteiger partial charge in [0, 0.05) is 0 Å². The average Bonchev–Trinajstić information content (AvgIpc) is 2.71. The first-order chi connectivity index (χ1) is 6.55. The molecule has 2 N–H and O–H groups in total. The predicted octanol–water partition coefficient (Wildman–Crippen LogP) is 1.26. The van der Waals surface area contributed by atoms with Gasteiger partial charge in [0.1, 0.15) is 0 Å². The van der Waals surface area contributed by atoms with Crippen molar-refractivity contribution in [3.63, 3.8) is 0 Å². The molecule has 0 aliphatic heterocycles. The first-order valence-electron chi connectivity index (χ1n) is 4.34. The molecule has 1 fully saturated rings.